The zero-order valence-corrected chi connectivity index (χ0v) is 11.9. The number of carboxylic acids is 1. The minimum Gasteiger partial charge on any atom is -0.496 e. The lowest BCUT2D eigenvalue weighted by molar-refractivity contribution is -0.137. The summed E-state index contributed by atoms with van der Waals surface area (Å²) in [5.74, 6) is -1.03. The SMILES string of the molecule is COCCN(CC(=O)O)C(=O)c1cc(C)ccc1OC. The molecule has 6 heteroatoms. The first kappa shape index (κ1) is 16.0. The monoisotopic (exact) mass is 281 g/mol. The molecule has 1 rings (SSSR count). The van der Waals surface area contributed by atoms with Gasteiger partial charge in [0.25, 0.3) is 5.91 Å². The van der Waals surface area contributed by atoms with E-state index in [9.17, 15) is 9.59 Å². The molecular formula is C14H19NO5. The van der Waals surface area contributed by atoms with Gasteiger partial charge in [0.05, 0.1) is 19.3 Å². The third-order valence-corrected chi connectivity index (χ3v) is 2.76. The highest BCUT2D eigenvalue weighted by Gasteiger charge is 2.21. The molecule has 0 unspecified atom stereocenters. The van der Waals surface area contributed by atoms with Crippen molar-refractivity contribution in [3.63, 3.8) is 0 Å². The summed E-state index contributed by atoms with van der Waals surface area (Å²) in [6.07, 6.45) is 0. The lowest BCUT2D eigenvalue weighted by Crippen LogP contribution is -2.38. The second-order valence-electron chi connectivity index (χ2n) is 4.32. The maximum atomic E-state index is 12.4. The number of hydrogen-bond acceptors (Lipinski definition) is 4. The van der Waals surface area contributed by atoms with E-state index in [1.54, 1.807) is 12.1 Å². The molecule has 0 saturated carbocycles. The van der Waals surface area contributed by atoms with Gasteiger partial charge in [0.2, 0.25) is 0 Å². The van der Waals surface area contributed by atoms with Crippen LogP contribution in [0.25, 0.3) is 0 Å². The summed E-state index contributed by atoms with van der Waals surface area (Å²) in [5.41, 5.74) is 1.25. The molecule has 0 aliphatic rings. The van der Waals surface area contributed by atoms with E-state index < -0.39 is 5.97 Å². The second-order valence-corrected chi connectivity index (χ2v) is 4.32. The van der Waals surface area contributed by atoms with Crippen LogP contribution < -0.4 is 4.74 Å². The number of benzene rings is 1. The van der Waals surface area contributed by atoms with Gasteiger partial charge < -0.3 is 19.5 Å². The Hall–Kier alpha value is -2.08. The van der Waals surface area contributed by atoms with Gasteiger partial charge >= 0.3 is 5.97 Å². The van der Waals surface area contributed by atoms with Crippen LogP contribution in [-0.4, -0.2) is 55.8 Å². The van der Waals surface area contributed by atoms with Crippen molar-refractivity contribution in [1.29, 1.82) is 0 Å². The summed E-state index contributed by atoms with van der Waals surface area (Å²) in [6, 6.07) is 5.20. The van der Waals surface area contributed by atoms with Crippen molar-refractivity contribution in [3.8, 4) is 5.75 Å². The third kappa shape index (κ3) is 4.24. The van der Waals surface area contributed by atoms with Gasteiger partial charge in [0.1, 0.15) is 12.3 Å². The number of methoxy groups -OCH3 is 2. The van der Waals surface area contributed by atoms with Gasteiger partial charge in [-0.15, -0.1) is 0 Å². The molecule has 0 fully saturated rings. The van der Waals surface area contributed by atoms with E-state index >= 15 is 0 Å². The molecule has 0 saturated heterocycles. The van der Waals surface area contributed by atoms with Crippen LogP contribution in [-0.2, 0) is 9.53 Å². The van der Waals surface area contributed by atoms with E-state index in [0.717, 1.165) is 5.56 Å². The summed E-state index contributed by atoms with van der Waals surface area (Å²) in [4.78, 5) is 24.5. The van der Waals surface area contributed by atoms with Gasteiger partial charge in [-0.25, -0.2) is 0 Å². The van der Waals surface area contributed by atoms with Crippen LogP contribution >= 0.6 is 0 Å². The summed E-state index contributed by atoms with van der Waals surface area (Å²) >= 11 is 0. The smallest absolute Gasteiger partial charge is 0.323 e. The Morgan fingerprint density at radius 2 is 2.00 bits per heavy atom. The number of aryl methyl sites for hydroxylation is 1. The first-order chi connectivity index (χ1) is 9.49. The normalized spacial score (nSPS) is 10.2. The number of ether oxygens (including phenoxy) is 2. The molecule has 0 heterocycles. The average molecular weight is 281 g/mol. The highest BCUT2D eigenvalue weighted by Crippen LogP contribution is 2.21. The summed E-state index contributed by atoms with van der Waals surface area (Å²) < 4.78 is 10.1. The number of nitrogens with zero attached hydrogens (tertiary/aromatic N) is 1. The molecule has 0 radical (unpaired) electrons. The van der Waals surface area contributed by atoms with E-state index in [1.807, 2.05) is 13.0 Å². The van der Waals surface area contributed by atoms with Gasteiger partial charge in [-0.2, -0.15) is 0 Å². The highest BCUT2D eigenvalue weighted by molar-refractivity contribution is 5.98. The van der Waals surface area contributed by atoms with Crippen molar-refractivity contribution < 1.29 is 24.2 Å². The fourth-order valence-electron chi connectivity index (χ4n) is 1.78. The van der Waals surface area contributed by atoms with E-state index in [-0.39, 0.29) is 25.6 Å². The Bertz CT molecular complexity index is 486. The van der Waals surface area contributed by atoms with Crippen LogP contribution in [0.3, 0.4) is 0 Å². The minimum absolute atomic E-state index is 0.207. The van der Waals surface area contributed by atoms with Crippen LogP contribution in [0.15, 0.2) is 18.2 Å². The Kier molecular flexibility index (Phi) is 5.99. The molecule has 1 aromatic rings. The van der Waals surface area contributed by atoms with Crippen molar-refractivity contribution in [2.75, 3.05) is 33.9 Å². The molecule has 1 aromatic carbocycles. The van der Waals surface area contributed by atoms with Gasteiger partial charge in [0, 0.05) is 13.7 Å². The fourth-order valence-corrected chi connectivity index (χ4v) is 1.78. The first-order valence-electron chi connectivity index (χ1n) is 6.14. The van der Waals surface area contributed by atoms with Gasteiger partial charge in [-0.1, -0.05) is 11.6 Å². The number of hydrogen-bond donors (Lipinski definition) is 1. The molecule has 6 nitrogen and oxygen atoms in total. The molecule has 0 aliphatic heterocycles. The predicted molar refractivity (Wildman–Crippen MR) is 73.1 cm³/mol. The Morgan fingerprint density at radius 1 is 1.30 bits per heavy atom. The highest BCUT2D eigenvalue weighted by atomic mass is 16.5. The van der Waals surface area contributed by atoms with Gasteiger partial charge in [-0.3, -0.25) is 9.59 Å². The zero-order chi connectivity index (χ0) is 15.1. The van der Waals surface area contributed by atoms with E-state index in [2.05, 4.69) is 0 Å². The molecule has 1 N–H and O–H groups in total. The van der Waals surface area contributed by atoms with Crippen LogP contribution in [0, 0.1) is 6.92 Å². The maximum absolute atomic E-state index is 12.4. The number of carbonyl (C=O) groups is 2. The summed E-state index contributed by atoms with van der Waals surface area (Å²) in [6.45, 7) is 1.96. The molecule has 0 atom stereocenters. The Morgan fingerprint density at radius 3 is 2.55 bits per heavy atom. The first-order valence-corrected chi connectivity index (χ1v) is 6.14. The predicted octanol–water partition coefficient (Wildman–Crippen LogP) is 1.18. The summed E-state index contributed by atoms with van der Waals surface area (Å²) in [7, 11) is 2.97. The lowest BCUT2D eigenvalue weighted by Gasteiger charge is -2.21. The van der Waals surface area contributed by atoms with E-state index in [0.29, 0.717) is 11.3 Å². The number of rotatable bonds is 7. The lowest BCUT2D eigenvalue weighted by atomic mass is 10.1. The fraction of sp³-hybridized carbons (Fsp3) is 0.429. The van der Waals surface area contributed by atoms with E-state index in [4.69, 9.17) is 14.6 Å². The molecule has 0 aromatic heterocycles. The third-order valence-electron chi connectivity index (χ3n) is 2.76. The van der Waals surface area contributed by atoms with Crippen LogP contribution in [0.1, 0.15) is 15.9 Å². The summed E-state index contributed by atoms with van der Waals surface area (Å²) in [5, 5.41) is 8.89. The van der Waals surface area contributed by atoms with E-state index in [1.165, 1.54) is 19.1 Å². The molecule has 0 bridgehead atoms. The van der Waals surface area contributed by atoms with Crippen molar-refractivity contribution >= 4 is 11.9 Å². The number of aliphatic carboxylic acids is 1. The standard InChI is InChI=1S/C14H19NO5/c1-10-4-5-12(20-3)11(8-10)14(18)15(6-7-19-2)9-13(16)17/h4-5,8H,6-7,9H2,1-3H3,(H,16,17). The van der Waals surface area contributed by atoms with Crippen LogP contribution in [0.4, 0.5) is 0 Å². The average Bonchev–Trinajstić information content (AvgIpc) is 2.42. The number of carboxylic acid groups (broad SMARTS) is 1. The van der Waals surface area contributed by atoms with Crippen LogP contribution in [0.5, 0.6) is 5.75 Å². The molecule has 20 heavy (non-hydrogen) atoms. The van der Waals surface area contributed by atoms with Crippen molar-refractivity contribution in [3.05, 3.63) is 29.3 Å². The quantitative estimate of drug-likeness (QED) is 0.812. The largest absolute Gasteiger partial charge is 0.496 e. The molecule has 0 aliphatic carbocycles. The molecule has 110 valence electrons. The van der Waals surface area contributed by atoms with Crippen molar-refractivity contribution in [1.82, 2.24) is 4.90 Å². The second kappa shape index (κ2) is 7.49. The molecular weight excluding hydrogens is 262 g/mol. The van der Waals surface area contributed by atoms with Crippen molar-refractivity contribution in [2.24, 2.45) is 0 Å². The molecule has 1 amide bonds. The van der Waals surface area contributed by atoms with Gasteiger partial charge in [-0.05, 0) is 19.1 Å². The number of amides is 1. The van der Waals surface area contributed by atoms with Gasteiger partial charge in [0.15, 0.2) is 0 Å². The Labute approximate surface area is 117 Å². The molecule has 0 spiro atoms. The minimum atomic E-state index is -1.07. The zero-order valence-electron chi connectivity index (χ0n) is 11.9. The van der Waals surface area contributed by atoms with Crippen LogP contribution in [0.2, 0.25) is 0 Å². The topological polar surface area (TPSA) is 76.1 Å². The van der Waals surface area contributed by atoms with Crippen molar-refractivity contribution in [2.45, 2.75) is 6.92 Å². The Balaban J connectivity index is 3.03. The number of carbonyl (C=O) groups excluding carboxylic acids is 1. The maximum Gasteiger partial charge on any atom is 0.323 e.